The van der Waals surface area contributed by atoms with Gasteiger partial charge in [-0.15, -0.1) is 0 Å². The van der Waals surface area contributed by atoms with Crippen LogP contribution < -0.4 is 0 Å². The molecular formula is C34H64P2. The normalized spacial score (nSPS) is 26.5. The van der Waals surface area contributed by atoms with E-state index in [1.807, 2.05) is 0 Å². The van der Waals surface area contributed by atoms with Gasteiger partial charge in [0.15, 0.2) is 0 Å². The summed E-state index contributed by atoms with van der Waals surface area (Å²) < 4.78 is 0. The summed E-state index contributed by atoms with van der Waals surface area (Å²) in [5, 5.41) is 0. The van der Waals surface area contributed by atoms with E-state index in [-0.39, 0.29) is 15.8 Å². The lowest BCUT2D eigenvalue weighted by atomic mass is 10.0. The van der Waals surface area contributed by atoms with Gasteiger partial charge in [0.2, 0.25) is 0 Å². The van der Waals surface area contributed by atoms with Gasteiger partial charge in [-0.1, -0.05) is 94.9 Å². The maximum Gasteiger partial charge on any atom is -0.0181 e. The molecular weight excluding hydrogens is 470 g/mol. The maximum atomic E-state index is 2.60. The zero-order valence-corrected chi connectivity index (χ0v) is 26.9. The van der Waals surface area contributed by atoms with Crippen molar-refractivity contribution < 1.29 is 0 Å². The summed E-state index contributed by atoms with van der Waals surface area (Å²) in [6.07, 6.45) is 34.3. The molecule has 4 saturated carbocycles. The summed E-state index contributed by atoms with van der Waals surface area (Å²) in [4.78, 5) is 0. The van der Waals surface area contributed by atoms with E-state index in [4.69, 9.17) is 0 Å². The molecule has 0 heterocycles. The van der Waals surface area contributed by atoms with Crippen LogP contribution in [-0.2, 0) is 0 Å². The minimum atomic E-state index is 0.190. The van der Waals surface area contributed by atoms with Gasteiger partial charge in [-0.2, -0.15) is 0 Å². The van der Waals surface area contributed by atoms with Crippen LogP contribution in [-0.4, -0.2) is 35.0 Å². The topological polar surface area (TPSA) is 0 Å². The van der Waals surface area contributed by atoms with Crippen molar-refractivity contribution in [3.05, 3.63) is 0 Å². The van der Waals surface area contributed by atoms with Gasteiger partial charge in [0.05, 0.1) is 0 Å². The van der Waals surface area contributed by atoms with Crippen LogP contribution in [0, 0.1) is 23.7 Å². The van der Waals surface area contributed by atoms with Crippen LogP contribution in [0.3, 0.4) is 0 Å². The fraction of sp³-hybridized carbons (Fsp3) is 1.00. The monoisotopic (exact) mass is 534 g/mol. The van der Waals surface area contributed by atoms with Crippen molar-refractivity contribution in [2.75, 3.05) is 12.3 Å². The van der Waals surface area contributed by atoms with Crippen LogP contribution in [0.2, 0.25) is 0 Å². The first-order valence-electron chi connectivity index (χ1n) is 17.2. The molecule has 4 fully saturated rings. The lowest BCUT2D eigenvalue weighted by Crippen LogP contribution is -2.30. The van der Waals surface area contributed by atoms with Crippen molar-refractivity contribution in [1.29, 1.82) is 0 Å². The molecule has 0 radical (unpaired) electrons. The summed E-state index contributed by atoms with van der Waals surface area (Å²) in [7, 11) is 0.380. The Morgan fingerprint density at radius 1 is 0.389 bits per heavy atom. The summed E-state index contributed by atoms with van der Waals surface area (Å²) >= 11 is 0. The SMILES string of the molecule is CC[C@@H](C1CCCC1)P(CCP([C@@H](CC)C1CCCC1)[C@@H](CC)C1CCCC1)[C@@H](CC)C1CCCC1. The summed E-state index contributed by atoms with van der Waals surface area (Å²) in [6, 6.07) is 0. The molecule has 0 unspecified atom stereocenters. The maximum absolute atomic E-state index is 2.60. The van der Waals surface area contributed by atoms with Gasteiger partial charge in [-0.05, 0) is 136 Å². The lowest BCUT2D eigenvalue weighted by molar-refractivity contribution is 0.469. The van der Waals surface area contributed by atoms with Crippen molar-refractivity contribution in [2.45, 2.75) is 179 Å². The second-order valence-electron chi connectivity index (χ2n) is 13.6. The Balaban J connectivity index is 1.57. The van der Waals surface area contributed by atoms with Crippen LogP contribution in [0.15, 0.2) is 0 Å². The van der Waals surface area contributed by atoms with Crippen LogP contribution in [0.5, 0.6) is 0 Å². The molecule has 0 aliphatic heterocycles. The van der Waals surface area contributed by atoms with E-state index < -0.39 is 0 Å². The second-order valence-corrected chi connectivity index (χ2v) is 19.2. The van der Waals surface area contributed by atoms with Crippen molar-refractivity contribution in [3.63, 3.8) is 0 Å². The largest absolute Gasteiger partial charge is 0.0995 e. The van der Waals surface area contributed by atoms with Crippen LogP contribution >= 0.6 is 15.8 Å². The Morgan fingerprint density at radius 2 is 0.583 bits per heavy atom. The highest BCUT2D eigenvalue weighted by Gasteiger charge is 2.41. The molecule has 0 aromatic rings. The number of hydrogen-bond acceptors (Lipinski definition) is 0. The average molecular weight is 535 g/mol. The Morgan fingerprint density at radius 3 is 0.750 bits per heavy atom. The molecule has 210 valence electrons. The number of hydrogen-bond donors (Lipinski definition) is 0. The van der Waals surface area contributed by atoms with Crippen LogP contribution in [0.1, 0.15) is 156 Å². The van der Waals surface area contributed by atoms with Gasteiger partial charge >= 0.3 is 0 Å². The molecule has 0 saturated heterocycles. The van der Waals surface area contributed by atoms with E-state index >= 15 is 0 Å². The van der Waals surface area contributed by atoms with Crippen molar-refractivity contribution in [3.8, 4) is 0 Å². The minimum absolute atomic E-state index is 0.190. The summed E-state index contributed by atoms with van der Waals surface area (Å²) in [5.41, 5.74) is 4.40. The Hall–Kier alpha value is 0.860. The molecule has 4 atom stereocenters. The average Bonchev–Trinajstić information content (AvgIpc) is 3.72. The van der Waals surface area contributed by atoms with E-state index in [2.05, 4.69) is 27.7 Å². The van der Waals surface area contributed by atoms with Gasteiger partial charge in [-0.25, -0.2) is 0 Å². The molecule has 0 N–H and O–H groups in total. The molecule has 2 heteroatoms. The van der Waals surface area contributed by atoms with Crippen molar-refractivity contribution in [2.24, 2.45) is 23.7 Å². The Kier molecular flexibility index (Phi) is 12.9. The van der Waals surface area contributed by atoms with Crippen LogP contribution in [0.4, 0.5) is 0 Å². The molecule has 0 spiro atoms. The molecule has 36 heavy (non-hydrogen) atoms. The summed E-state index contributed by atoms with van der Waals surface area (Å²) in [6.45, 7) is 10.4. The predicted molar refractivity (Wildman–Crippen MR) is 168 cm³/mol. The predicted octanol–water partition coefficient (Wildman–Crippen LogP) is 11.8. The quantitative estimate of drug-likeness (QED) is 0.183. The third-order valence-corrected chi connectivity index (χ3v) is 20.2. The standard InChI is InChI=1S/C34H64P2/c1-5-31(27-17-9-10-18-27)35(32(6-2)28-19-11-12-20-28)25-26-36(33(7-3)29-21-13-14-22-29)34(8-4)30-23-15-16-24-30/h27-34H,5-26H2,1-4H3/t31-,32-,33-,34-/m0/s1. The molecule has 4 aliphatic rings. The first-order valence-corrected chi connectivity index (χ1v) is 20.6. The van der Waals surface area contributed by atoms with Crippen molar-refractivity contribution >= 4 is 15.8 Å². The van der Waals surface area contributed by atoms with Crippen LogP contribution in [0.25, 0.3) is 0 Å². The van der Waals surface area contributed by atoms with Gasteiger partial charge in [0.1, 0.15) is 0 Å². The molecule has 0 aromatic carbocycles. The molecule has 0 aromatic heterocycles. The molecule has 0 nitrogen and oxygen atoms in total. The smallest absolute Gasteiger partial charge is 0.0181 e. The van der Waals surface area contributed by atoms with Gasteiger partial charge in [-0.3, -0.25) is 0 Å². The molecule has 4 aliphatic carbocycles. The molecule has 0 bridgehead atoms. The highest BCUT2D eigenvalue weighted by atomic mass is 31.1. The second kappa shape index (κ2) is 15.6. The van der Waals surface area contributed by atoms with E-state index in [1.54, 1.807) is 63.7 Å². The van der Waals surface area contributed by atoms with Gasteiger partial charge in [0, 0.05) is 0 Å². The van der Waals surface area contributed by atoms with Crippen molar-refractivity contribution in [1.82, 2.24) is 0 Å². The third kappa shape index (κ3) is 7.33. The minimum Gasteiger partial charge on any atom is -0.0995 e. The van der Waals surface area contributed by atoms with E-state index in [1.165, 1.54) is 77.0 Å². The number of rotatable bonds is 15. The highest BCUT2D eigenvalue weighted by molar-refractivity contribution is 7.63. The Bertz CT molecular complexity index is 480. The fourth-order valence-corrected chi connectivity index (χ4v) is 19.5. The van der Waals surface area contributed by atoms with E-state index in [9.17, 15) is 0 Å². The molecule has 4 rings (SSSR count). The highest BCUT2D eigenvalue weighted by Crippen LogP contribution is 2.63. The zero-order valence-electron chi connectivity index (χ0n) is 25.1. The molecule has 0 amide bonds. The lowest BCUT2D eigenvalue weighted by Gasteiger charge is -2.44. The first-order chi connectivity index (χ1) is 17.7. The summed E-state index contributed by atoms with van der Waals surface area (Å²) in [5.74, 6) is 4.38. The fourth-order valence-electron chi connectivity index (χ4n) is 10.1. The Labute approximate surface area is 230 Å². The van der Waals surface area contributed by atoms with Gasteiger partial charge < -0.3 is 0 Å². The van der Waals surface area contributed by atoms with E-state index in [0.717, 1.165) is 46.3 Å². The van der Waals surface area contributed by atoms with Gasteiger partial charge in [0.25, 0.3) is 0 Å². The first kappa shape index (κ1) is 29.8. The van der Waals surface area contributed by atoms with E-state index in [0.29, 0.717) is 0 Å². The zero-order chi connectivity index (χ0) is 25.3. The third-order valence-electron chi connectivity index (χ3n) is 11.8.